The first-order valence-corrected chi connectivity index (χ1v) is 10.3. The van der Waals surface area contributed by atoms with Crippen molar-refractivity contribution in [3.8, 4) is 0 Å². The highest BCUT2D eigenvalue weighted by Crippen LogP contribution is 2.40. The fourth-order valence-corrected chi connectivity index (χ4v) is 5.46. The van der Waals surface area contributed by atoms with Gasteiger partial charge in [0.25, 0.3) is 0 Å². The standard InChI is InChI=1S/C23H25NOS/c25-15-12-21(23-16-20-8-4-5-9-22(20)26-23)19-10-13-24(14-11-19)17-18-6-2-1-3-7-18/h1-9,15-16,19,21H,10-14,17H2. The van der Waals surface area contributed by atoms with E-state index in [1.165, 1.54) is 33.4 Å². The average Bonchev–Trinajstić information content (AvgIpc) is 3.11. The zero-order valence-electron chi connectivity index (χ0n) is 15.0. The molecule has 0 N–H and O–H groups in total. The van der Waals surface area contributed by atoms with Crippen molar-refractivity contribution < 1.29 is 4.79 Å². The second-order valence-corrected chi connectivity index (χ2v) is 8.41. The SMILES string of the molecule is O=CCC(c1cc2ccccc2s1)C1CCN(Cc2ccccc2)CC1. The number of hydrogen-bond donors (Lipinski definition) is 0. The highest BCUT2D eigenvalue weighted by molar-refractivity contribution is 7.19. The van der Waals surface area contributed by atoms with Crippen molar-refractivity contribution in [2.24, 2.45) is 5.92 Å². The number of hydrogen-bond acceptors (Lipinski definition) is 3. The van der Waals surface area contributed by atoms with Crippen LogP contribution in [-0.2, 0) is 11.3 Å². The number of fused-ring (bicyclic) bond motifs is 1. The summed E-state index contributed by atoms with van der Waals surface area (Å²) in [5.41, 5.74) is 1.39. The van der Waals surface area contributed by atoms with Gasteiger partial charge in [-0.25, -0.2) is 0 Å². The number of thiophene rings is 1. The maximum Gasteiger partial charge on any atom is 0.120 e. The normalized spacial score (nSPS) is 17.4. The summed E-state index contributed by atoms with van der Waals surface area (Å²) in [6.07, 6.45) is 4.13. The minimum atomic E-state index is 0.378. The van der Waals surface area contributed by atoms with E-state index >= 15 is 0 Å². The van der Waals surface area contributed by atoms with Gasteiger partial charge in [-0.05, 0) is 54.9 Å². The van der Waals surface area contributed by atoms with Gasteiger partial charge in [0, 0.05) is 28.5 Å². The van der Waals surface area contributed by atoms with E-state index in [2.05, 4.69) is 65.6 Å². The van der Waals surface area contributed by atoms with Gasteiger partial charge in [0.05, 0.1) is 0 Å². The smallest absolute Gasteiger partial charge is 0.120 e. The van der Waals surface area contributed by atoms with Crippen molar-refractivity contribution in [1.29, 1.82) is 0 Å². The van der Waals surface area contributed by atoms with E-state index < -0.39 is 0 Å². The Hall–Kier alpha value is -1.97. The van der Waals surface area contributed by atoms with Crippen LogP contribution in [0.15, 0.2) is 60.7 Å². The van der Waals surface area contributed by atoms with Crippen LogP contribution in [0, 0.1) is 5.92 Å². The zero-order chi connectivity index (χ0) is 17.8. The molecule has 4 rings (SSSR count). The molecule has 0 spiro atoms. The lowest BCUT2D eigenvalue weighted by molar-refractivity contribution is -0.108. The predicted molar refractivity (Wildman–Crippen MR) is 110 cm³/mol. The van der Waals surface area contributed by atoms with Crippen LogP contribution >= 0.6 is 11.3 Å². The van der Waals surface area contributed by atoms with Crippen LogP contribution in [0.1, 0.15) is 35.6 Å². The largest absolute Gasteiger partial charge is 0.303 e. The van der Waals surface area contributed by atoms with Crippen molar-refractivity contribution in [1.82, 2.24) is 4.90 Å². The third kappa shape index (κ3) is 3.89. The molecule has 2 aromatic carbocycles. The first kappa shape index (κ1) is 17.4. The maximum atomic E-state index is 11.3. The third-order valence-electron chi connectivity index (χ3n) is 5.61. The van der Waals surface area contributed by atoms with Gasteiger partial charge in [-0.3, -0.25) is 4.90 Å². The molecule has 1 aliphatic rings. The molecule has 0 aliphatic carbocycles. The summed E-state index contributed by atoms with van der Waals surface area (Å²) in [5.74, 6) is 0.990. The maximum absolute atomic E-state index is 11.3. The van der Waals surface area contributed by atoms with Crippen LogP contribution in [0.4, 0.5) is 0 Å². The van der Waals surface area contributed by atoms with Crippen LogP contribution < -0.4 is 0 Å². The Kier molecular flexibility index (Phi) is 5.47. The zero-order valence-corrected chi connectivity index (χ0v) is 15.8. The predicted octanol–water partition coefficient (Wildman–Crippen LogP) is 5.49. The van der Waals surface area contributed by atoms with Crippen molar-refractivity contribution >= 4 is 27.7 Å². The lowest BCUT2D eigenvalue weighted by Crippen LogP contribution is -2.35. The van der Waals surface area contributed by atoms with Crippen LogP contribution in [-0.4, -0.2) is 24.3 Å². The molecule has 134 valence electrons. The van der Waals surface area contributed by atoms with E-state index in [1.54, 1.807) is 0 Å². The fraction of sp³-hybridized carbons (Fsp3) is 0.348. The molecule has 2 heterocycles. The molecule has 3 aromatic rings. The summed E-state index contributed by atoms with van der Waals surface area (Å²) < 4.78 is 1.33. The highest BCUT2D eigenvalue weighted by atomic mass is 32.1. The van der Waals surface area contributed by atoms with Crippen LogP contribution in [0.5, 0.6) is 0 Å². The van der Waals surface area contributed by atoms with E-state index in [4.69, 9.17) is 0 Å². The summed E-state index contributed by atoms with van der Waals surface area (Å²) in [4.78, 5) is 15.3. The summed E-state index contributed by atoms with van der Waals surface area (Å²) >= 11 is 1.87. The van der Waals surface area contributed by atoms with Gasteiger partial charge in [0.15, 0.2) is 0 Å². The molecule has 1 aliphatic heterocycles. The molecule has 3 heteroatoms. The first-order chi connectivity index (χ1) is 12.8. The lowest BCUT2D eigenvalue weighted by Gasteiger charge is -2.35. The first-order valence-electron chi connectivity index (χ1n) is 9.52. The molecule has 1 unspecified atom stereocenters. The van der Waals surface area contributed by atoms with E-state index in [1.807, 2.05) is 11.3 Å². The Balaban J connectivity index is 1.44. The number of carbonyl (C=O) groups excluding carboxylic acids is 1. The number of carbonyl (C=O) groups is 1. The van der Waals surface area contributed by atoms with Gasteiger partial charge in [0.1, 0.15) is 6.29 Å². The van der Waals surface area contributed by atoms with Gasteiger partial charge in [0.2, 0.25) is 0 Å². The van der Waals surface area contributed by atoms with E-state index in [0.717, 1.165) is 25.9 Å². The molecule has 0 amide bonds. The van der Waals surface area contributed by atoms with E-state index in [0.29, 0.717) is 18.3 Å². The quantitative estimate of drug-likeness (QED) is 0.540. The van der Waals surface area contributed by atoms with Gasteiger partial charge in [-0.15, -0.1) is 11.3 Å². The van der Waals surface area contributed by atoms with Crippen LogP contribution in [0.2, 0.25) is 0 Å². The Morgan fingerprint density at radius 2 is 1.77 bits per heavy atom. The molecule has 1 saturated heterocycles. The average molecular weight is 364 g/mol. The van der Waals surface area contributed by atoms with Crippen molar-refractivity contribution in [3.05, 3.63) is 71.1 Å². The molecule has 0 bridgehead atoms. The Bertz CT molecular complexity index is 816. The van der Waals surface area contributed by atoms with Crippen LogP contribution in [0.3, 0.4) is 0 Å². The number of aldehydes is 1. The van der Waals surface area contributed by atoms with Gasteiger partial charge in [-0.1, -0.05) is 48.5 Å². The number of rotatable bonds is 6. The summed E-state index contributed by atoms with van der Waals surface area (Å²) in [6.45, 7) is 3.29. The number of likely N-dealkylation sites (tertiary alicyclic amines) is 1. The summed E-state index contributed by atoms with van der Waals surface area (Å²) in [7, 11) is 0. The third-order valence-corrected chi connectivity index (χ3v) is 6.86. The highest BCUT2D eigenvalue weighted by Gasteiger charge is 2.28. The lowest BCUT2D eigenvalue weighted by atomic mass is 9.81. The van der Waals surface area contributed by atoms with E-state index in [9.17, 15) is 4.79 Å². The number of piperidine rings is 1. The van der Waals surface area contributed by atoms with Crippen molar-refractivity contribution in [2.75, 3.05) is 13.1 Å². The van der Waals surface area contributed by atoms with Gasteiger partial charge < -0.3 is 4.79 Å². The summed E-state index contributed by atoms with van der Waals surface area (Å²) in [6, 6.07) is 21.6. The Labute approximate surface area is 159 Å². The molecule has 1 atom stereocenters. The second-order valence-electron chi connectivity index (χ2n) is 7.29. The minimum Gasteiger partial charge on any atom is -0.303 e. The Morgan fingerprint density at radius 1 is 1.04 bits per heavy atom. The molecular weight excluding hydrogens is 338 g/mol. The fourth-order valence-electron chi connectivity index (χ4n) is 4.18. The molecule has 0 saturated carbocycles. The van der Waals surface area contributed by atoms with Gasteiger partial charge >= 0.3 is 0 Å². The van der Waals surface area contributed by atoms with Crippen molar-refractivity contribution in [3.63, 3.8) is 0 Å². The number of nitrogens with zero attached hydrogens (tertiary/aromatic N) is 1. The molecule has 1 fully saturated rings. The molecule has 2 nitrogen and oxygen atoms in total. The summed E-state index contributed by atoms with van der Waals surface area (Å²) in [5, 5.41) is 1.31. The molecule has 26 heavy (non-hydrogen) atoms. The monoisotopic (exact) mass is 363 g/mol. The molecular formula is C23H25NOS. The second kappa shape index (κ2) is 8.15. The van der Waals surface area contributed by atoms with Crippen LogP contribution in [0.25, 0.3) is 10.1 Å². The topological polar surface area (TPSA) is 20.3 Å². The van der Waals surface area contributed by atoms with Gasteiger partial charge in [-0.2, -0.15) is 0 Å². The van der Waals surface area contributed by atoms with E-state index in [-0.39, 0.29) is 0 Å². The Morgan fingerprint density at radius 3 is 2.50 bits per heavy atom. The van der Waals surface area contributed by atoms with Crippen molar-refractivity contribution in [2.45, 2.75) is 31.7 Å². The minimum absolute atomic E-state index is 0.378. The molecule has 1 aromatic heterocycles. The molecule has 0 radical (unpaired) electrons. The number of benzene rings is 2.